The molecular formula is C13H23N3O2. The molecule has 0 radical (unpaired) electrons. The number of hydrogen-bond acceptors (Lipinski definition) is 4. The lowest BCUT2D eigenvalue weighted by Crippen LogP contribution is -2.52. The van der Waals surface area contributed by atoms with Gasteiger partial charge in [0.25, 0.3) is 0 Å². The molecule has 0 aromatic carbocycles. The Hall–Kier alpha value is -0.940. The summed E-state index contributed by atoms with van der Waals surface area (Å²) in [4.78, 5) is 29.4. The molecule has 102 valence electrons. The molecule has 0 spiro atoms. The maximum atomic E-state index is 12.2. The molecule has 0 aliphatic carbocycles. The Morgan fingerprint density at radius 2 is 1.89 bits per heavy atom. The van der Waals surface area contributed by atoms with E-state index in [1.165, 1.54) is 0 Å². The predicted octanol–water partition coefficient (Wildman–Crippen LogP) is -0.186. The molecule has 18 heavy (non-hydrogen) atoms. The van der Waals surface area contributed by atoms with Gasteiger partial charge in [-0.1, -0.05) is 6.42 Å². The van der Waals surface area contributed by atoms with Gasteiger partial charge in [0.05, 0.1) is 12.6 Å². The second kappa shape index (κ2) is 6.29. The van der Waals surface area contributed by atoms with Crippen LogP contribution in [0, 0.1) is 0 Å². The van der Waals surface area contributed by atoms with Crippen molar-refractivity contribution in [3.8, 4) is 0 Å². The molecular weight excluding hydrogens is 230 g/mol. The predicted molar refractivity (Wildman–Crippen MR) is 69.4 cm³/mol. The lowest BCUT2D eigenvalue weighted by Gasteiger charge is -2.36. The van der Waals surface area contributed by atoms with E-state index in [-0.39, 0.29) is 11.9 Å². The molecule has 2 fully saturated rings. The number of hydrogen-bond donors (Lipinski definition) is 0. The number of amides is 1. The van der Waals surface area contributed by atoms with E-state index in [1.54, 1.807) is 0 Å². The molecule has 1 amide bonds. The topological polar surface area (TPSA) is 43.9 Å². The Kier molecular flexibility index (Phi) is 4.72. The van der Waals surface area contributed by atoms with Gasteiger partial charge in [0, 0.05) is 26.2 Å². The van der Waals surface area contributed by atoms with Crippen LogP contribution in [0.25, 0.3) is 0 Å². The fraction of sp³-hybridized carbons (Fsp3) is 0.846. The third-order valence-electron chi connectivity index (χ3n) is 4.02. The van der Waals surface area contributed by atoms with E-state index in [2.05, 4.69) is 11.9 Å². The van der Waals surface area contributed by atoms with Crippen LogP contribution in [0.1, 0.15) is 19.3 Å². The number of carbonyl (C=O) groups excluding carboxylic acids is 2. The first-order chi connectivity index (χ1) is 8.70. The van der Waals surface area contributed by atoms with Crippen molar-refractivity contribution in [3.05, 3.63) is 0 Å². The standard InChI is InChI=1S/C13H23N3O2/c1-14-6-8-15(9-7-14)13(18)10-16-5-3-2-4-12(16)11-17/h11-12H,2-10H2,1H3. The summed E-state index contributed by atoms with van der Waals surface area (Å²) in [6, 6.07) is -0.0461. The van der Waals surface area contributed by atoms with Gasteiger partial charge >= 0.3 is 0 Å². The Balaban J connectivity index is 1.84. The van der Waals surface area contributed by atoms with Gasteiger partial charge in [-0.15, -0.1) is 0 Å². The number of aldehydes is 1. The molecule has 2 aliphatic rings. The minimum atomic E-state index is -0.0461. The highest BCUT2D eigenvalue weighted by Gasteiger charge is 2.26. The van der Waals surface area contributed by atoms with Crippen molar-refractivity contribution >= 4 is 12.2 Å². The summed E-state index contributed by atoms with van der Waals surface area (Å²) in [6.45, 7) is 4.81. The van der Waals surface area contributed by atoms with Crippen molar-refractivity contribution < 1.29 is 9.59 Å². The zero-order chi connectivity index (χ0) is 13.0. The van der Waals surface area contributed by atoms with Crippen molar-refractivity contribution in [2.45, 2.75) is 25.3 Å². The van der Waals surface area contributed by atoms with Gasteiger partial charge < -0.3 is 14.6 Å². The first-order valence-corrected chi connectivity index (χ1v) is 6.86. The molecule has 0 aromatic heterocycles. The van der Waals surface area contributed by atoms with Crippen molar-refractivity contribution in [1.82, 2.24) is 14.7 Å². The van der Waals surface area contributed by atoms with Crippen molar-refractivity contribution in [2.24, 2.45) is 0 Å². The Morgan fingerprint density at radius 3 is 2.56 bits per heavy atom. The molecule has 1 atom stereocenters. The molecule has 5 heteroatoms. The van der Waals surface area contributed by atoms with Gasteiger partial charge in [0.1, 0.15) is 6.29 Å². The summed E-state index contributed by atoms with van der Waals surface area (Å²) in [7, 11) is 2.08. The smallest absolute Gasteiger partial charge is 0.236 e. The van der Waals surface area contributed by atoms with Gasteiger partial charge in [0.15, 0.2) is 0 Å². The quantitative estimate of drug-likeness (QED) is 0.654. The van der Waals surface area contributed by atoms with E-state index < -0.39 is 0 Å². The van der Waals surface area contributed by atoms with Crippen LogP contribution in [0.2, 0.25) is 0 Å². The fourth-order valence-electron chi connectivity index (χ4n) is 2.70. The molecule has 0 N–H and O–H groups in total. The Morgan fingerprint density at radius 1 is 1.17 bits per heavy atom. The highest BCUT2D eigenvalue weighted by atomic mass is 16.2. The molecule has 2 saturated heterocycles. The lowest BCUT2D eigenvalue weighted by molar-refractivity contribution is -0.135. The molecule has 1 unspecified atom stereocenters. The summed E-state index contributed by atoms with van der Waals surface area (Å²) in [5, 5.41) is 0. The molecule has 0 bridgehead atoms. The zero-order valence-corrected chi connectivity index (χ0v) is 11.2. The van der Waals surface area contributed by atoms with Gasteiger partial charge in [-0.3, -0.25) is 9.69 Å². The van der Waals surface area contributed by atoms with Gasteiger partial charge in [-0.25, -0.2) is 0 Å². The van der Waals surface area contributed by atoms with E-state index >= 15 is 0 Å². The second-order valence-electron chi connectivity index (χ2n) is 5.35. The highest BCUT2D eigenvalue weighted by molar-refractivity contribution is 5.79. The summed E-state index contributed by atoms with van der Waals surface area (Å²) in [5.74, 6) is 0.178. The minimum Gasteiger partial charge on any atom is -0.339 e. The van der Waals surface area contributed by atoms with Crippen LogP contribution >= 0.6 is 0 Å². The highest BCUT2D eigenvalue weighted by Crippen LogP contribution is 2.15. The summed E-state index contributed by atoms with van der Waals surface area (Å²) >= 11 is 0. The maximum Gasteiger partial charge on any atom is 0.236 e. The number of nitrogens with zero attached hydrogens (tertiary/aromatic N) is 3. The summed E-state index contributed by atoms with van der Waals surface area (Å²) in [6.07, 6.45) is 4.10. The van der Waals surface area contributed by atoms with Gasteiger partial charge in [-0.05, 0) is 26.4 Å². The Bertz CT molecular complexity index is 301. The molecule has 2 rings (SSSR count). The first kappa shape index (κ1) is 13.5. The zero-order valence-electron chi connectivity index (χ0n) is 11.2. The largest absolute Gasteiger partial charge is 0.339 e. The molecule has 0 saturated carbocycles. The van der Waals surface area contributed by atoms with Crippen LogP contribution < -0.4 is 0 Å². The number of carbonyl (C=O) groups is 2. The molecule has 2 heterocycles. The van der Waals surface area contributed by atoms with Crippen LogP contribution in [0.4, 0.5) is 0 Å². The van der Waals surface area contributed by atoms with Crippen LogP contribution in [-0.2, 0) is 9.59 Å². The number of rotatable bonds is 3. The summed E-state index contributed by atoms with van der Waals surface area (Å²) < 4.78 is 0. The fourth-order valence-corrected chi connectivity index (χ4v) is 2.70. The van der Waals surface area contributed by atoms with Gasteiger partial charge in [-0.2, -0.15) is 0 Å². The Labute approximate surface area is 109 Å². The minimum absolute atomic E-state index is 0.0461. The van der Waals surface area contributed by atoms with E-state index in [9.17, 15) is 9.59 Å². The number of piperidine rings is 1. The monoisotopic (exact) mass is 253 g/mol. The average Bonchev–Trinajstić information content (AvgIpc) is 2.40. The van der Waals surface area contributed by atoms with Crippen LogP contribution in [-0.4, -0.2) is 79.3 Å². The third-order valence-corrected chi connectivity index (χ3v) is 4.02. The van der Waals surface area contributed by atoms with E-state index in [0.717, 1.165) is 58.3 Å². The van der Waals surface area contributed by atoms with E-state index in [0.29, 0.717) is 6.54 Å². The van der Waals surface area contributed by atoms with Crippen molar-refractivity contribution in [2.75, 3.05) is 46.3 Å². The lowest BCUT2D eigenvalue weighted by atomic mass is 10.0. The van der Waals surface area contributed by atoms with E-state index in [1.807, 2.05) is 9.80 Å². The average molecular weight is 253 g/mol. The number of likely N-dealkylation sites (tertiary alicyclic amines) is 1. The van der Waals surface area contributed by atoms with Crippen LogP contribution in [0.5, 0.6) is 0 Å². The second-order valence-corrected chi connectivity index (χ2v) is 5.35. The molecule has 2 aliphatic heterocycles. The first-order valence-electron chi connectivity index (χ1n) is 6.86. The SMILES string of the molecule is CN1CCN(C(=O)CN2CCCCC2C=O)CC1. The number of piperazine rings is 1. The van der Waals surface area contributed by atoms with Crippen LogP contribution in [0.15, 0.2) is 0 Å². The normalized spacial score (nSPS) is 27.2. The van der Waals surface area contributed by atoms with E-state index in [4.69, 9.17) is 0 Å². The molecule has 5 nitrogen and oxygen atoms in total. The van der Waals surface area contributed by atoms with Crippen molar-refractivity contribution in [1.29, 1.82) is 0 Å². The van der Waals surface area contributed by atoms with Crippen molar-refractivity contribution in [3.63, 3.8) is 0 Å². The number of likely N-dealkylation sites (N-methyl/N-ethyl adjacent to an activating group) is 1. The third kappa shape index (κ3) is 3.29. The maximum absolute atomic E-state index is 12.2. The summed E-state index contributed by atoms with van der Waals surface area (Å²) in [5.41, 5.74) is 0. The van der Waals surface area contributed by atoms with Crippen LogP contribution in [0.3, 0.4) is 0 Å². The van der Waals surface area contributed by atoms with Gasteiger partial charge in [0.2, 0.25) is 5.91 Å². The molecule has 0 aromatic rings.